The lowest BCUT2D eigenvalue weighted by molar-refractivity contribution is 0.0491. The molecule has 2 aromatic heterocycles. The van der Waals surface area contributed by atoms with Crippen molar-refractivity contribution in [2.75, 3.05) is 12.0 Å². The van der Waals surface area contributed by atoms with Crippen molar-refractivity contribution in [1.82, 2.24) is 25.6 Å². The first-order valence-electron chi connectivity index (χ1n) is 13.6. The van der Waals surface area contributed by atoms with E-state index >= 15 is 0 Å². The van der Waals surface area contributed by atoms with Gasteiger partial charge in [0.1, 0.15) is 11.4 Å². The summed E-state index contributed by atoms with van der Waals surface area (Å²) in [5, 5.41) is 6.12. The molecule has 10 heteroatoms. The predicted octanol–water partition coefficient (Wildman–Crippen LogP) is 5.66. The second kappa shape index (κ2) is 12.8. The van der Waals surface area contributed by atoms with Gasteiger partial charge in [-0.3, -0.25) is 4.90 Å². The Morgan fingerprint density at radius 3 is 2.15 bits per heavy atom. The SMILES string of the molecule is COc1ncc(-c2ccc(N(C(=O)N[C@@H](C)c3ccccc3)[C@H]3CC[C@H](NC(=O)OC(C)(C)C)CC3)nc2)cn1. The molecule has 0 radical (unpaired) electrons. The Bertz CT molecular complexity index is 1250. The Hall–Kier alpha value is -4.21. The van der Waals surface area contributed by atoms with Gasteiger partial charge < -0.3 is 20.1 Å². The lowest BCUT2D eigenvalue weighted by atomic mass is 9.90. The summed E-state index contributed by atoms with van der Waals surface area (Å²) in [4.78, 5) is 40.7. The Morgan fingerprint density at radius 1 is 0.925 bits per heavy atom. The number of nitrogens with one attached hydrogen (secondary N) is 2. The van der Waals surface area contributed by atoms with Gasteiger partial charge in [-0.2, -0.15) is 0 Å². The summed E-state index contributed by atoms with van der Waals surface area (Å²) in [5.41, 5.74) is 2.09. The van der Waals surface area contributed by atoms with Gasteiger partial charge in [-0.05, 0) is 71.1 Å². The predicted molar refractivity (Wildman–Crippen MR) is 153 cm³/mol. The second-order valence-corrected chi connectivity index (χ2v) is 11.0. The maximum absolute atomic E-state index is 13.7. The first-order chi connectivity index (χ1) is 19.1. The van der Waals surface area contributed by atoms with Crippen LogP contribution in [0.15, 0.2) is 61.1 Å². The molecule has 212 valence electrons. The summed E-state index contributed by atoms with van der Waals surface area (Å²) in [6, 6.07) is 13.4. The minimum absolute atomic E-state index is 0.00957. The first kappa shape index (κ1) is 28.8. The highest BCUT2D eigenvalue weighted by molar-refractivity contribution is 5.92. The summed E-state index contributed by atoms with van der Waals surface area (Å²) < 4.78 is 10.5. The molecule has 1 aliphatic rings. The number of hydrogen-bond donors (Lipinski definition) is 2. The Kier molecular flexibility index (Phi) is 9.19. The van der Waals surface area contributed by atoms with Gasteiger partial charge >= 0.3 is 18.1 Å². The van der Waals surface area contributed by atoms with Crippen LogP contribution in [0.25, 0.3) is 11.1 Å². The summed E-state index contributed by atoms with van der Waals surface area (Å²) in [6.45, 7) is 7.50. The van der Waals surface area contributed by atoms with Gasteiger partial charge in [-0.15, -0.1) is 0 Å². The quantitative estimate of drug-likeness (QED) is 0.392. The lowest BCUT2D eigenvalue weighted by Gasteiger charge is -2.37. The summed E-state index contributed by atoms with van der Waals surface area (Å²) in [7, 11) is 1.52. The van der Waals surface area contributed by atoms with Crippen LogP contribution in [0.3, 0.4) is 0 Å². The van der Waals surface area contributed by atoms with Crippen molar-refractivity contribution in [3.05, 3.63) is 66.6 Å². The van der Waals surface area contributed by atoms with E-state index in [1.165, 1.54) is 7.11 Å². The number of aromatic nitrogens is 3. The normalized spacial score (nSPS) is 17.8. The van der Waals surface area contributed by atoms with Gasteiger partial charge in [0.2, 0.25) is 0 Å². The molecule has 10 nitrogen and oxygen atoms in total. The average Bonchev–Trinajstić information content (AvgIpc) is 2.94. The third kappa shape index (κ3) is 7.68. The van der Waals surface area contributed by atoms with Crippen LogP contribution in [0.5, 0.6) is 6.01 Å². The van der Waals surface area contributed by atoms with Gasteiger partial charge in [-0.1, -0.05) is 30.3 Å². The minimum atomic E-state index is -0.554. The number of benzene rings is 1. The highest BCUT2D eigenvalue weighted by Gasteiger charge is 2.32. The van der Waals surface area contributed by atoms with Crippen LogP contribution in [0.2, 0.25) is 0 Å². The standard InChI is InChI=1S/C30H38N6O4/c1-20(21-9-7-6-8-10-21)34-28(37)36(25-14-12-24(13-15-25)35-29(38)40-30(2,3)4)26-16-11-22(17-31-26)23-18-32-27(39-5)33-19-23/h6-11,16-20,24-25H,12-15H2,1-5H3,(H,34,37)(H,35,38)/t20-,24-,25-/m0/s1. The fourth-order valence-electron chi connectivity index (χ4n) is 4.76. The third-order valence-corrected chi connectivity index (χ3v) is 6.78. The molecule has 2 N–H and O–H groups in total. The van der Waals surface area contributed by atoms with Crippen molar-refractivity contribution in [2.24, 2.45) is 0 Å². The maximum Gasteiger partial charge on any atom is 0.407 e. The lowest BCUT2D eigenvalue weighted by Crippen LogP contribution is -2.51. The van der Waals surface area contributed by atoms with Gasteiger partial charge in [-0.25, -0.2) is 24.5 Å². The molecule has 1 saturated carbocycles. The van der Waals surface area contributed by atoms with Gasteiger partial charge in [0.05, 0.1) is 13.2 Å². The summed E-state index contributed by atoms with van der Waals surface area (Å²) in [6.07, 6.45) is 7.53. The van der Waals surface area contributed by atoms with E-state index in [4.69, 9.17) is 9.47 Å². The molecule has 0 unspecified atom stereocenters. The highest BCUT2D eigenvalue weighted by atomic mass is 16.6. The zero-order valence-corrected chi connectivity index (χ0v) is 23.8. The van der Waals surface area contributed by atoms with E-state index in [1.807, 2.05) is 70.2 Å². The molecular formula is C30H38N6O4. The number of ether oxygens (including phenoxy) is 2. The van der Waals surface area contributed by atoms with Crippen LogP contribution >= 0.6 is 0 Å². The largest absolute Gasteiger partial charge is 0.467 e. The van der Waals surface area contributed by atoms with Crippen LogP contribution in [-0.2, 0) is 4.74 Å². The molecule has 4 rings (SSSR count). The van der Waals surface area contributed by atoms with E-state index in [-0.39, 0.29) is 24.2 Å². The third-order valence-electron chi connectivity index (χ3n) is 6.78. The molecule has 1 aliphatic carbocycles. The van der Waals surface area contributed by atoms with Crippen LogP contribution < -0.4 is 20.3 Å². The molecule has 0 bridgehead atoms. The number of pyridine rings is 1. The fourth-order valence-corrected chi connectivity index (χ4v) is 4.76. The molecule has 2 heterocycles. The Morgan fingerprint density at radius 2 is 1.57 bits per heavy atom. The van der Waals surface area contributed by atoms with E-state index < -0.39 is 11.7 Å². The van der Waals surface area contributed by atoms with Crippen molar-refractivity contribution in [2.45, 2.75) is 77.1 Å². The van der Waals surface area contributed by atoms with Crippen molar-refractivity contribution < 1.29 is 19.1 Å². The van der Waals surface area contributed by atoms with Crippen molar-refractivity contribution >= 4 is 17.9 Å². The number of rotatable bonds is 7. The van der Waals surface area contributed by atoms with Crippen molar-refractivity contribution in [3.8, 4) is 17.1 Å². The number of amides is 3. The van der Waals surface area contributed by atoms with Crippen LogP contribution in [-0.4, -0.2) is 51.9 Å². The number of carbonyl (C=O) groups excluding carboxylic acids is 2. The van der Waals surface area contributed by atoms with Gasteiger partial charge in [0, 0.05) is 41.8 Å². The van der Waals surface area contributed by atoms with E-state index in [1.54, 1.807) is 23.5 Å². The molecule has 3 aromatic rings. The molecule has 0 aliphatic heterocycles. The molecule has 3 amide bonds. The van der Waals surface area contributed by atoms with Crippen LogP contribution in [0, 0.1) is 0 Å². The number of nitrogens with zero attached hydrogens (tertiary/aromatic N) is 4. The molecular weight excluding hydrogens is 508 g/mol. The molecule has 0 spiro atoms. The van der Waals surface area contributed by atoms with Gasteiger partial charge in [0.25, 0.3) is 0 Å². The number of urea groups is 1. The Balaban J connectivity index is 1.50. The fraction of sp³-hybridized carbons (Fsp3) is 0.433. The van der Waals surface area contributed by atoms with E-state index in [0.29, 0.717) is 24.7 Å². The van der Waals surface area contributed by atoms with Crippen molar-refractivity contribution in [3.63, 3.8) is 0 Å². The molecule has 1 fully saturated rings. The minimum Gasteiger partial charge on any atom is -0.467 e. The smallest absolute Gasteiger partial charge is 0.407 e. The highest BCUT2D eigenvalue weighted by Crippen LogP contribution is 2.29. The maximum atomic E-state index is 13.7. The van der Waals surface area contributed by atoms with Gasteiger partial charge in [0.15, 0.2) is 0 Å². The number of anilines is 1. The van der Waals surface area contributed by atoms with E-state index in [0.717, 1.165) is 29.5 Å². The number of alkyl carbamates (subject to hydrolysis) is 1. The van der Waals surface area contributed by atoms with E-state index in [2.05, 4.69) is 25.6 Å². The monoisotopic (exact) mass is 546 g/mol. The van der Waals surface area contributed by atoms with Crippen LogP contribution in [0.1, 0.15) is 65.0 Å². The number of carbonyl (C=O) groups is 2. The average molecular weight is 547 g/mol. The molecule has 1 aromatic carbocycles. The Labute approximate surface area is 235 Å². The molecule has 40 heavy (non-hydrogen) atoms. The topological polar surface area (TPSA) is 119 Å². The van der Waals surface area contributed by atoms with Crippen molar-refractivity contribution in [1.29, 1.82) is 0 Å². The first-order valence-corrected chi connectivity index (χ1v) is 13.6. The number of methoxy groups -OCH3 is 1. The molecule has 1 atom stereocenters. The second-order valence-electron chi connectivity index (χ2n) is 11.0. The van der Waals surface area contributed by atoms with Crippen LogP contribution in [0.4, 0.5) is 15.4 Å². The zero-order valence-electron chi connectivity index (χ0n) is 23.8. The summed E-state index contributed by atoms with van der Waals surface area (Å²) in [5.74, 6) is 0.555. The number of hydrogen-bond acceptors (Lipinski definition) is 7. The zero-order chi connectivity index (χ0) is 28.7. The molecule has 0 saturated heterocycles. The summed E-state index contributed by atoms with van der Waals surface area (Å²) >= 11 is 0. The van der Waals surface area contributed by atoms with E-state index in [9.17, 15) is 9.59 Å².